The number of amides is 1. The fraction of sp³-hybridized carbons (Fsp3) is 0.579. The molecule has 1 saturated heterocycles. The van der Waals surface area contributed by atoms with Gasteiger partial charge in [-0.1, -0.05) is 23.8 Å². The molecule has 1 atom stereocenters. The number of carboxylic acid groups (broad SMARTS) is 1. The topological polar surface area (TPSA) is 60.9 Å². The van der Waals surface area contributed by atoms with Crippen LogP contribution in [0.5, 0.6) is 0 Å². The SMILES string of the molecule is Cc1ccc(C)c(CC(=O)N2CCCC(N(C)CC(=O)O)CC2)c1. The Morgan fingerprint density at radius 2 is 2.00 bits per heavy atom. The molecule has 1 N–H and O–H groups in total. The molecular weight excluding hydrogens is 304 g/mol. The number of carbonyl (C=O) groups is 2. The summed E-state index contributed by atoms with van der Waals surface area (Å²) in [4.78, 5) is 27.4. The number of nitrogens with zero attached hydrogens (tertiary/aromatic N) is 2. The molecule has 0 aromatic heterocycles. The van der Waals surface area contributed by atoms with Gasteiger partial charge in [0.2, 0.25) is 5.91 Å². The van der Waals surface area contributed by atoms with Gasteiger partial charge in [0.05, 0.1) is 13.0 Å². The van der Waals surface area contributed by atoms with Gasteiger partial charge in [0.1, 0.15) is 0 Å². The third-order valence-corrected chi connectivity index (χ3v) is 4.90. The first-order valence-corrected chi connectivity index (χ1v) is 8.62. The van der Waals surface area contributed by atoms with Gasteiger partial charge < -0.3 is 10.0 Å². The van der Waals surface area contributed by atoms with Crippen LogP contribution in [0.3, 0.4) is 0 Å². The van der Waals surface area contributed by atoms with Crippen molar-refractivity contribution < 1.29 is 14.7 Å². The van der Waals surface area contributed by atoms with Crippen molar-refractivity contribution >= 4 is 11.9 Å². The molecular formula is C19H28N2O3. The summed E-state index contributed by atoms with van der Waals surface area (Å²) in [5, 5.41) is 8.93. The van der Waals surface area contributed by atoms with Gasteiger partial charge in [0, 0.05) is 19.1 Å². The minimum Gasteiger partial charge on any atom is -0.480 e. The minimum absolute atomic E-state index is 0.0566. The zero-order chi connectivity index (χ0) is 17.7. The lowest BCUT2D eigenvalue weighted by Gasteiger charge is -2.25. The van der Waals surface area contributed by atoms with Gasteiger partial charge in [0.25, 0.3) is 0 Å². The Morgan fingerprint density at radius 3 is 2.71 bits per heavy atom. The predicted molar refractivity (Wildman–Crippen MR) is 94.1 cm³/mol. The second kappa shape index (κ2) is 8.29. The van der Waals surface area contributed by atoms with Gasteiger partial charge >= 0.3 is 5.97 Å². The van der Waals surface area contributed by atoms with Gasteiger partial charge in [-0.05, 0) is 51.3 Å². The summed E-state index contributed by atoms with van der Waals surface area (Å²) in [5.74, 6) is -0.630. The number of benzene rings is 1. The molecule has 1 heterocycles. The highest BCUT2D eigenvalue weighted by Gasteiger charge is 2.24. The number of likely N-dealkylation sites (N-methyl/N-ethyl adjacent to an activating group) is 1. The lowest BCUT2D eigenvalue weighted by molar-refractivity contribution is -0.138. The molecule has 1 aliphatic rings. The van der Waals surface area contributed by atoms with Crippen molar-refractivity contribution in [3.63, 3.8) is 0 Å². The molecule has 0 aliphatic carbocycles. The number of aliphatic carboxylic acids is 1. The van der Waals surface area contributed by atoms with Crippen molar-refractivity contribution in [2.45, 2.75) is 45.6 Å². The van der Waals surface area contributed by atoms with Crippen LogP contribution in [0.25, 0.3) is 0 Å². The number of likely N-dealkylation sites (tertiary alicyclic amines) is 1. The Morgan fingerprint density at radius 1 is 1.25 bits per heavy atom. The number of hydrogen-bond donors (Lipinski definition) is 1. The van der Waals surface area contributed by atoms with E-state index in [2.05, 4.69) is 18.2 Å². The van der Waals surface area contributed by atoms with Crippen molar-refractivity contribution in [2.24, 2.45) is 0 Å². The van der Waals surface area contributed by atoms with Crippen LogP contribution in [0.2, 0.25) is 0 Å². The van der Waals surface area contributed by atoms with E-state index < -0.39 is 5.97 Å². The summed E-state index contributed by atoms with van der Waals surface area (Å²) < 4.78 is 0. The van der Waals surface area contributed by atoms with Gasteiger partial charge in [-0.3, -0.25) is 14.5 Å². The quantitative estimate of drug-likeness (QED) is 0.898. The van der Waals surface area contributed by atoms with E-state index >= 15 is 0 Å². The molecule has 1 aromatic carbocycles. The van der Waals surface area contributed by atoms with Crippen LogP contribution in [-0.4, -0.2) is 59.5 Å². The van der Waals surface area contributed by atoms with Gasteiger partial charge in [-0.25, -0.2) is 0 Å². The zero-order valence-corrected chi connectivity index (χ0v) is 14.9. The molecule has 1 unspecified atom stereocenters. The predicted octanol–water partition coefficient (Wildman–Crippen LogP) is 2.24. The maximum Gasteiger partial charge on any atom is 0.317 e. The van der Waals surface area contributed by atoms with Gasteiger partial charge in [-0.2, -0.15) is 0 Å². The smallest absolute Gasteiger partial charge is 0.317 e. The Labute approximate surface area is 144 Å². The lowest BCUT2D eigenvalue weighted by atomic mass is 10.0. The van der Waals surface area contributed by atoms with Crippen LogP contribution in [0.4, 0.5) is 0 Å². The monoisotopic (exact) mass is 332 g/mol. The number of rotatable bonds is 5. The summed E-state index contributed by atoms with van der Waals surface area (Å²) in [7, 11) is 1.85. The van der Waals surface area contributed by atoms with Crippen LogP contribution < -0.4 is 0 Å². The third kappa shape index (κ3) is 5.06. The van der Waals surface area contributed by atoms with Gasteiger partial charge in [0.15, 0.2) is 0 Å². The normalized spacial score (nSPS) is 18.5. The zero-order valence-electron chi connectivity index (χ0n) is 14.9. The average Bonchev–Trinajstić information content (AvgIpc) is 2.76. The highest BCUT2D eigenvalue weighted by atomic mass is 16.4. The van der Waals surface area contributed by atoms with Crippen LogP contribution in [-0.2, 0) is 16.0 Å². The Kier molecular flexibility index (Phi) is 6.37. The summed E-state index contributed by atoms with van der Waals surface area (Å²) in [6.07, 6.45) is 3.15. The van der Waals surface area contributed by atoms with Crippen molar-refractivity contribution in [1.29, 1.82) is 0 Å². The molecule has 0 spiro atoms. The largest absolute Gasteiger partial charge is 0.480 e. The van der Waals surface area contributed by atoms with Crippen LogP contribution >= 0.6 is 0 Å². The lowest BCUT2D eigenvalue weighted by Crippen LogP contribution is -2.37. The molecule has 5 nitrogen and oxygen atoms in total. The summed E-state index contributed by atoms with van der Waals surface area (Å²) >= 11 is 0. The minimum atomic E-state index is -0.801. The Bertz CT molecular complexity index is 600. The van der Waals surface area contributed by atoms with Crippen molar-refractivity contribution in [3.8, 4) is 0 Å². The van der Waals surface area contributed by atoms with E-state index in [1.807, 2.05) is 30.7 Å². The molecule has 132 valence electrons. The molecule has 5 heteroatoms. The van der Waals surface area contributed by atoms with E-state index in [4.69, 9.17) is 5.11 Å². The third-order valence-electron chi connectivity index (χ3n) is 4.90. The first kappa shape index (κ1) is 18.5. The molecule has 24 heavy (non-hydrogen) atoms. The highest BCUT2D eigenvalue weighted by molar-refractivity contribution is 5.79. The first-order valence-electron chi connectivity index (χ1n) is 8.62. The molecule has 0 radical (unpaired) electrons. The molecule has 1 amide bonds. The Hall–Kier alpha value is -1.88. The van der Waals surface area contributed by atoms with E-state index in [1.54, 1.807) is 0 Å². The summed E-state index contributed by atoms with van der Waals surface area (Å²) in [5.41, 5.74) is 3.43. The molecule has 0 saturated carbocycles. The highest BCUT2D eigenvalue weighted by Crippen LogP contribution is 2.18. The molecule has 2 rings (SSSR count). The van der Waals surface area contributed by atoms with Crippen LogP contribution in [0.15, 0.2) is 18.2 Å². The van der Waals surface area contributed by atoms with Crippen LogP contribution in [0, 0.1) is 13.8 Å². The molecule has 1 aromatic rings. The van der Waals surface area contributed by atoms with E-state index in [0.29, 0.717) is 13.0 Å². The van der Waals surface area contributed by atoms with E-state index in [9.17, 15) is 9.59 Å². The van der Waals surface area contributed by atoms with Crippen LogP contribution in [0.1, 0.15) is 36.0 Å². The number of carbonyl (C=O) groups excluding carboxylic acids is 1. The summed E-state index contributed by atoms with van der Waals surface area (Å²) in [6, 6.07) is 6.46. The van der Waals surface area contributed by atoms with Crippen molar-refractivity contribution in [3.05, 3.63) is 34.9 Å². The fourth-order valence-corrected chi connectivity index (χ4v) is 3.38. The summed E-state index contributed by atoms with van der Waals surface area (Å²) in [6.45, 7) is 5.62. The standard InChI is InChI=1S/C19H28N2O3/c1-14-6-7-15(2)16(11-14)12-18(22)21-9-4-5-17(8-10-21)20(3)13-19(23)24/h6-7,11,17H,4-5,8-10,12-13H2,1-3H3,(H,23,24). The van der Waals surface area contributed by atoms with Crippen molar-refractivity contribution in [2.75, 3.05) is 26.7 Å². The second-order valence-electron chi connectivity index (χ2n) is 6.88. The van der Waals surface area contributed by atoms with E-state index in [1.165, 1.54) is 5.56 Å². The number of carboxylic acids is 1. The second-order valence-corrected chi connectivity index (χ2v) is 6.88. The average molecular weight is 332 g/mol. The molecule has 0 bridgehead atoms. The van der Waals surface area contributed by atoms with Crippen molar-refractivity contribution in [1.82, 2.24) is 9.80 Å². The van der Waals surface area contributed by atoms with E-state index in [0.717, 1.165) is 36.9 Å². The fourth-order valence-electron chi connectivity index (χ4n) is 3.38. The molecule has 1 fully saturated rings. The van der Waals surface area contributed by atoms with E-state index in [-0.39, 0.29) is 18.5 Å². The maximum absolute atomic E-state index is 12.7. The van der Waals surface area contributed by atoms with Gasteiger partial charge in [-0.15, -0.1) is 0 Å². The Balaban J connectivity index is 1.94. The maximum atomic E-state index is 12.7. The number of aryl methyl sites for hydroxylation is 2. The first-order chi connectivity index (χ1) is 11.4. The molecule has 1 aliphatic heterocycles. The number of hydrogen-bond acceptors (Lipinski definition) is 3.